The average Bonchev–Trinajstić information content (AvgIpc) is 3.02. The monoisotopic (exact) mass is 304 g/mol. The maximum absolute atomic E-state index is 12.0. The maximum Gasteiger partial charge on any atom is 0.291 e. The zero-order valence-electron chi connectivity index (χ0n) is 11.3. The summed E-state index contributed by atoms with van der Waals surface area (Å²) in [5, 5.41) is 14.4. The Bertz CT molecular complexity index is 672. The van der Waals surface area contributed by atoms with Crippen LogP contribution >= 0.6 is 11.3 Å². The minimum absolute atomic E-state index is 0.136. The number of nitrogens with one attached hydrogen (secondary N) is 1. The second kappa shape index (κ2) is 5.73. The van der Waals surface area contributed by atoms with E-state index in [-0.39, 0.29) is 11.3 Å². The zero-order valence-corrected chi connectivity index (χ0v) is 12.1. The molecule has 0 bridgehead atoms. The van der Waals surface area contributed by atoms with E-state index in [2.05, 4.69) is 5.32 Å². The summed E-state index contributed by atoms with van der Waals surface area (Å²) in [4.78, 5) is 24.5. The quantitative estimate of drug-likeness (QED) is 0.881. The van der Waals surface area contributed by atoms with Gasteiger partial charge in [-0.3, -0.25) is 4.79 Å². The number of carbonyl (C=O) groups excluding carboxylic acids is 2. The van der Waals surface area contributed by atoms with Gasteiger partial charge in [0.05, 0.1) is 12.2 Å². The van der Waals surface area contributed by atoms with Crippen molar-refractivity contribution < 1.29 is 19.1 Å². The van der Waals surface area contributed by atoms with Crippen LogP contribution in [0.4, 0.5) is 5.00 Å². The van der Waals surface area contributed by atoms with Gasteiger partial charge in [0.25, 0.3) is 5.91 Å². The Labute approximate surface area is 125 Å². The number of hydrogen-bond acceptors (Lipinski definition) is 5. The van der Waals surface area contributed by atoms with E-state index in [0.29, 0.717) is 5.00 Å². The summed E-state index contributed by atoms with van der Waals surface area (Å²) in [5.74, 6) is -1.52. The van der Waals surface area contributed by atoms with Crippen molar-refractivity contribution >= 4 is 28.2 Å². The Morgan fingerprint density at radius 3 is 2.76 bits per heavy atom. The molecule has 0 fully saturated rings. The molecule has 1 aliphatic rings. The molecule has 6 heteroatoms. The highest BCUT2D eigenvalue weighted by Crippen LogP contribution is 2.37. The molecule has 0 atom stereocenters. The largest absolute Gasteiger partial charge is 0.545 e. The van der Waals surface area contributed by atoms with E-state index < -0.39 is 11.9 Å². The van der Waals surface area contributed by atoms with Crippen LogP contribution in [0.25, 0.3) is 0 Å². The number of anilines is 1. The molecule has 2 heterocycles. The molecule has 2 aromatic rings. The van der Waals surface area contributed by atoms with Crippen LogP contribution in [0, 0.1) is 0 Å². The smallest absolute Gasteiger partial charge is 0.291 e. The minimum atomic E-state index is -1.23. The number of thiophene rings is 1. The molecule has 110 valence electrons. The number of aryl methyl sites for hydroxylation is 1. The average molecular weight is 304 g/mol. The van der Waals surface area contributed by atoms with Gasteiger partial charge in [-0.25, -0.2) is 0 Å². The summed E-state index contributed by atoms with van der Waals surface area (Å²) in [5.41, 5.74) is 0.962. The molecule has 0 aromatic carbocycles. The molecule has 1 aliphatic carbocycles. The SMILES string of the molecule is O=C(Nc1sc2c(c1C(=O)[O-])CCCCC2)c1ccco1. The van der Waals surface area contributed by atoms with Crippen molar-refractivity contribution in [3.05, 3.63) is 40.2 Å². The third-order valence-corrected chi connectivity index (χ3v) is 4.80. The van der Waals surface area contributed by atoms with Crippen molar-refractivity contribution in [1.29, 1.82) is 0 Å². The van der Waals surface area contributed by atoms with Gasteiger partial charge < -0.3 is 19.6 Å². The van der Waals surface area contributed by atoms with Crippen LogP contribution in [0.15, 0.2) is 22.8 Å². The molecular formula is C15H14NO4S-. The molecule has 0 saturated heterocycles. The molecule has 2 aromatic heterocycles. The lowest BCUT2D eigenvalue weighted by Gasteiger charge is -2.08. The fourth-order valence-electron chi connectivity index (χ4n) is 2.62. The Morgan fingerprint density at radius 2 is 2.05 bits per heavy atom. The first kappa shape index (κ1) is 13.9. The van der Waals surface area contributed by atoms with E-state index >= 15 is 0 Å². The number of furan rings is 1. The molecule has 3 rings (SSSR count). The number of carboxylic acids is 1. The van der Waals surface area contributed by atoms with Crippen molar-refractivity contribution in [3.8, 4) is 0 Å². The first-order valence-electron chi connectivity index (χ1n) is 6.87. The Hall–Kier alpha value is -2.08. The highest BCUT2D eigenvalue weighted by Gasteiger charge is 2.22. The number of fused-ring (bicyclic) bond motifs is 1. The number of amides is 1. The highest BCUT2D eigenvalue weighted by molar-refractivity contribution is 7.17. The van der Waals surface area contributed by atoms with Gasteiger partial charge >= 0.3 is 0 Å². The fraction of sp³-hybridized carbons (Fsp3) is 0.333. The molecule has 0 aliphatic heterocycles. The second-order valence-electron chi connectivity index (χ2n) is 4.99. The first-order valence-corrected chi connectivity index (χ1v) is 7.69. The molecule has 0 radical (unpaired) electrons. The van der Waals surface area contributed by atoms with E-state index in [1.807, 2.05) is 0 Å². The molecule has 21 heavy (non-hydrogen) atoms. The van der Waals surface area contributed by atoms with Crippen LogP contribution in [0.3, 0.4) is 0 Å². The van der Waals surface area contributed by atoms with Gasteiger partial charge in [0.1, 0.15) is 5.00 Å². The van der Waals surface area contributed by atoms with E-state index in [9.17, 15) is 14.7 Å². The van der Waals surface area contributed by atoms with Crippen LogP contribution in [0.1, 0.15) is 50.6 Å². The summed E-state index contributed by atoms with van der Waals surface area (Å²) >= 11 is 1.33. The summed E-state index contributed by atoms with van der Waals surface area (Å²) in [7, 11) is 0. The van der Waals surface area contributed by atoms with Gasteiger partial charge in [-0.1, -0.05) is 6.42 Å². The van der Waals surface area contributed by atoms with Crippen molar-refractivity contribution in [2.24, 2.45) is 0 Å². The van der Waals surface area contributed by atoms with Crippen molar-refractivity contribution in [2.75, 3.05) is 5.32 Å². The summed E-state index contributed by atoms with van der Waals surface area (Å²) in [6.45, 7) is 0. The lowest BCUT2D eigenvalue weighted by molar-refractivity contribution is -0.254. The van der Waals surface area contributed by atoms with Crippen LogP contribution in [-0.2, 0) is 12.8 Å². The zero-order chi connectivity index (χ0) is 14.8. The summed E-state index contributed by atoms with van der Waals surface area (Å²) in [6, 6.07) is 3.14. The van der Waals surface area contributed by atoms with Gasteiger partial charge in [0.15, 0.2) is 5.76 Å². The van der Waals surface area contributed by atoms with Gasteiger partial charge in [-0.05, 0) is 43.4 Å². The second-order valence-corrected chi connectivity index (χ2v) is 6.09. The predicted molar refractivity (Wildman–Crippen MR) is 76.6 cm³/mol. The van der Waals surface area contributed by atoms with Crippen LogP contribution < -0.4 is 10.4 Å². The van der Waals surface area contributed by atoms with Gasteiger partial charge in [0, 0.05) is 10.4 Å². The fourth-order valence-corrected chi connectivity index (χ4v) is 3.89. The van der Waals surface area contributed by atoms with Gasteiger partial charge in [-0.15, -0.1) is 11.3 Å². The van der Waals surface area contributed by atoms with E-state index in [1.165, 1.54) is 23.7 Å². The maximum atomic E-state index is 12.0. The third kappa shape index (κ3) is 2.71. The van der Waals surface area contributed by atoms with Crippen LogP contribution in [-0.4, -0.2) is 11.9 Å². The summed E-state index contributed by atoms with van der Waals surface area (Å²) < 4.78 is 5.02. The third-order valence-electron chi connectivity index (χ3n) is 3.60. The first-order chi connectivity index (χ1) is 10.2. The predicted octanol–water partition coefficient (Wildman–Crippen LogP) is 2.23. The van der Waals surface area contributed by atoms with Crippen LogP contribution in [0.2, 0.25) is 0 Å². The molecule has 0 saturated carbocycles. The van der Waals surface area contributed by atoms with Crippen molar-refractivity contribution in [2.45, 2.75) is 32.1 Å². The standard InChI is InChI=1S/C15H15NO4S/c17-13(10-6-4-8-20-10)16-14-12(15(18)19)9-5-2-1-3-7-11(9)21-14/h4,6,8H,1-3,5,7H2,(H,16,17)(H,18,19)/p-1. The Balaban J connectivity index is 1.95. The molecule has 5 nitrogen and oxygen atoms in total. The number of rotatable bonds is 3. The molecule has 0 unspecified atom stereocenters. The lowest BCUT2D eigenvalue weighted by Crippen LogP contribution is -2.25. The minimum Gasteiger partial charge on any atom is -0.545 e. The van der Waals surface area contributed by atoms with E-state index in [1.54, 1.807) is 6.07 Å². The normalized spacial score (nSPS) is 14.3. The summed E-state index contributed by atoms with van der Waals surface area (Å²) in [6.07, 6.45) is 6.10. The van der Waals surface area contributed by atoms with Crippen molar-refractivity contribution in [1.82, 2.24) is 0 Å². The van der Waals surface area contributed by atoms with E-state index in [4.69, 9.17) is 4.42 Å². The Kier molecular flexibility index (Phi) is 3.79. The Morgan fingerprint density at radius 1 is 1.24 bits per heavy atom. The number of carboxylic acid groups (broad SMARTS) is 1. The van der Waals surface area contributed by atoms with E-state index in [0.717, 1.165) is 42.5 Å². The number of aromatic carboxylic acids is 1. The van der Waals surface area contributed by atoms with Gasteiger partial charge in [0.2, 0.25) is 0 Å². The number of hydrogen-bond donors (Lipinski definition) is 1. The van der Waals surface area contributed by atoms with Crippen molar-refractivity contribution in [3.63, 3.8) is 0 Å². The highest BCUT2D eigenvalue weighted by atomic mass is 32.1. The topological polar surface area (TPSA) is 82.4 Å². The molecule has 0 spiro atoms. The molecular weight excluding hydrogens is 290 g/mol. The number of carbonyl (C=O) groups is 2. The van der Waals surface area contributed by atoms with Crippen LogP contribution in [0.5, 0.6) is 0 Å². The van der Waals surface area contributed by atoms with Gasteiger partial charge in [-0.2, -0.15) is 0 Å². The lowest BCUT2D eigenvalue weighted by atomic mass is 10.1. The molecule has 1 N–H and O–H groups in total. The molecule has 1 amide bonds.